The van der Waals surface area contributed by atoms with E-state index in [4.69, 9.17) is 5.21 Å². The molecule has 0 bridgehead atoms. The predicted molar refractivity (Wildman–Crippen MR) is 50.6 cm³/mol. The highest BCUT2D eigenvalue weighted by Crippen LogP contribution is 2.08. The Balaban J connectivity index is 2.47. The summed E-state index contributed by atoms with van der Waals surface area (Å²) in [5.41, 5.74) is 0.785. The standard InChI is InChI=1S/C7H7N5OS/c1-5-8-10-11-12(5)7(9-13)6-2-3-14-4-6/h2-4,13H,1H3/b9-7+. The van der Waals surface area contributed by atoms with Crippen molar-refractivity contribution in [3.05, 3.63) is 28.2 Å². The number of nitrogens with zero attached hydrogens (tertiary/aromatic N) is 5. The number of tetrazole rings is 1. The van der Waals surface area contributed by atoms with Crippen molar-refractivity contribution in [3.8, 4) is 0 Å². The Bertz CT molecular complexity index is 446. The van der Waals surface area contributed by atoms with Gasteiger partial charge in [-0.05, 0) is 28.8 Å². The van der Waals surface area contributed by atoms with Crippen LogP contribution in [-0.4, -0.2) is 31.3 Å². The molecule has 1 N–H and O–H groups in total. The van der Waals surface area contributed by atoms with E-state index >= 15 is 0 Å². The SMILES string of the molecule is Cc1nnnn1/C(=N/O)c1ccsc1. The first kappa shape index (κ1) is 8.82. The Morgan fingerprint density at radius 3 is 3.00 bits per heavy atom. The lowest BCUT2D eigenvalue weighted by molar-refractivity contribution is 0.316. The Labute approximate surface area is 83.5 Å². The zero-order valence-corrected chi connectivity index (χ0v) is 8.14. The second-order valence-electron chi connectivity index (χ2n) is 2.57. The molecule has 0 aliphatic heterocycles. The molecule has 14 heavy (non-hydrogen) atoms. The highest BCUT2D eigenvalue weighted by atomic mass is 32.1. The average Bonchev–Trinajstić information content (AvgIpc) is 2.80. The van der Waals surface area contributed by atoms with E-state index in [1.165, 1.54) is 16.0 Å². The van der Waals surface area contributed by atoms with Gasteiger partial charge in [0.25, 0.3) is 0 Å². The van der Waals surface area contributed by atoms with Crippen LogP contribution in [0.4, 0.5) is 0 Å². The van der Waals surface area contributed by atoms with Crippen LogP contribution in [-0.2, 0) is 0 Å². The summed E-state index contributed by atoms with van der Waals surface area (Å²) in [6, 6.07) is 1.83. The Kier molecular flexibility index (Phi) is 2.23. The monoisotopic (exact) mass is 209 g/mol. The van der Waals surface area contributed by atoms with Crippen LogP contribution in [0.5, 0.6) is 0 Å². The van der Waals surface area contributed by atoms with Crippen LogP contribution in [0, 0.1) is 6.92 Å². The lowest BCUT2D eigenvalue weighted by atomic mass is 10.3. The minimum Gasteiger partial charge on any atom is -0.409 e. The summed E-state index contributed by atoms with van der Waals surface area (Å²) in [6.07, 6.45) is 0. The van der Waals surface area contributed by atoms with Crippen molar-refractivity contribution in [2.75, 3.05) is 0 Å². The third kappa shape index (κ3) is 1.37. The molecule has 6 nitrogen and oxygen atoms in total. The van der Waals surface area contributed by atoms with E-state index < -0.39 is 0 Å². The summed E-state index contributed by atoms with van der Waals surface area (Å²) in [5, 5.41) is 26.7. The molecule has 0 saturated heterocycles. The van der Waals surface area contributed by atoms with Crippen LogP contribution < -0.4 is 0 Å². The van der Waals surface area contributed by atoms with Crippen molar-refractivity contribution in [2.45, 2.75) is 6.92 Å². The Morgan fingerprint density at radius 2 is 2.50 bits per heavy atom. The molecule has 2 aromatic heterocycles. The van der Waals surface area contributed by atoms with E-state index in [-0.39, 0.29) is 0 Å². The molecule has 0 aromatic carbocycles. The second-order valence-corrected chi connectivity index (χ2v) is 3.35. The van der Waals surface area contributed by atoms with Crippen LogP contribution in [0.3, 0.4) is 0 Å². The van der Waals surface area contributed by atoms with Crippen LogP contribution in [0.25, 0.3) is 0 Å². The van der Waals surface area contributed by atoms with Crippen LogP contribution >= 0.6 is 11.3 Å². The summed E-state index contributed by atoms with van der Waals surface area (Å²) < 4.78 is 1.38. The van der Waals surface area contributed by atoms with E-state index in [0.29, 0.717) is 11.7 Å². The van der Waals surface area contributed by atoms with Gasteiger partial charge in [0.2, 0.25) is 5.84 Å². The molecule has 7 heteroatoms. The van der Waals surface area contributed by atoms with E-state index in [0.717, 1.165) is 5.56 Å². The first-order valence-corrected chi connectivity index (χ1v) is 4.77. The number of thiophene rings is 1. The van der Waals surface area contributed by atoms with Crippen molar-refractivity contribution in [1.82, 2.24) is 20.2 Å². The van der Waals surface area contributed by atoms with Crippen molar-refractivity contribution in [2.24, 2.45) is 5.16 Å². The highest BCUT2D eigenvalue weighted by molar-refractivity contribution is 7.08. The molecule has 2 aromatic rings. The van der Waals surface area contributed by atoms with Gasteiger partial charge in [-0.2, -0.15) is 16.0 Å². The lowest BCUT2D eigenvalue weighted by Gasteiger charge is -2.00. The van der Waals surface area contributed by atoms with Gasteiger partial charge < -0.3 is 5.21 Å². The number of aryl methyl sites for hydroxylation is 1. The van der Waals surface area contributed by atoms with Crippen LogP contribution in [0.1, 0.15) is 11.4 Å². The smallest absolute Gasteiger partial charge is 0.204 e. The van der Waals surface area contributed by atoms with Crippen molar-refractivity contribution in [3.63, 3.8) is 0 Å². The summed E-state index contributed by atoms with van der Waals surface area (Å²) >= 11 is 1.51. The van der Waals surface area contributed by atoms with Gasteiger partial charge in [-0.25, -0.2) is 0 Å². The zero-order chi connectivity index (χ0) is 9.97. The normalized spacial score (nSPS) is 11.9. The molecular formula is C7H7N5OS. The van der Waals surface area contributed by atoms with E-state index in [1.54, 1.807) is 6.92 Å². The summed E-state index contributed by atoms with van der Waals surface area (Å²) in [7, 11) is 0. The highest BCUT2D eigenvalue weighted by Gasteiger charge is 2.11. The largest absolute Gasteiger partial charge is 0.409 e. The molecule has 0 radical (unpaired) electrons. The second kappa shape index (κ2) is 3.54. The molecule has 0 atom stereocenters. The predicted octanol–water partition coefficient (Wildman–Crippen LogP) is 0.727. The lowest BCUT2D eigenvalue weighted by Crippen LogP contribution is -2.16. The quantitative estimate of drug-likeness (QED) is 0.325. The number of aromatic nitrogens is 4. The van der Waals surface area contributed by atoms with Gasteiger partial charge in [-0.15, -0.1) is 5.10 Å². The fourth-order valence-electron chi connectivity index (χ4n) is 1.04. The van der Waals surface area contributed by atoms with Gasteiger partial charge in [0, 0.05) is 10.9 Å². The fourth-order valence-corrected chi connectivity index (χ4v) is 1.68. The number of oxime groups is 1. The molecular weight excluding hydrogens is 202 g/mol. The maximum absolute atomic E-state index is 8.87. The summed E-state index contributed by atoms with van der Waals surface area (Å²) in [6.45, 7) is 1.73. The minimum absolute atomic E-state index is 0.328. The van der Waals surface area contributed by atoms with Crippen LogP contribution in [0.2, 0.25) is 0 Å². The van der Waals surface area contributed by atoms with Crippen molar-refractivity contribution >= 4 is 17.2 Å². The molecule has 0 aliphatic rings. The Hall–Kier alpha value is -1.76. The van der Waals surface area contributed by atoms with E-state index in [2.05, 4.69) is 20.7 Å². The fraction of sp³-hybridized carbons (Fsp3) is 0.143. The van der Waals surface area contributed by atoms with Gasteiger partial charge in [0.15, 0.2) is 5.82 Å². The van der Waals surface area contributed by atoms with Gasteiger partial charge in [-0.3, -0.25) is 0 Å². The number of hydrogen-bond acceptors (Lipinski definition) is 6. The van der Waals surface area contributed by atoms with Crippen molar-refractivity contribution < 1.29 is 5.21 Å². The topological polar surface area (TPSA) is 76.2 Å². The zero-order valence-electron chi connectivity index (χ0n) is 7.32. The first-order valence-electron chi connectivity index (χ1n) is 3.83. The number of hydrogen-bond donors (Lipinski definition) is 1. The molecule has 2 heterocycles. The molecule has 0 saturated carbocycles. The molecule has 0 unspecified atom stereocenters. The molecule has 0 spiro atoms. The van der Waals surface area contributed by atoms with Gasteiger partial charge in [0.05, 0.1) is 0 Å². The summed E-state index contributed by atoms with van der Waals surface area (Å²) in [4.78, 5) is 0. The van der Waals surface area contributed by atoms with Gasteiger partial charge >= 0.3 is 0 Å². The average molecular weight is 209 g/mol. The first-order chi connectivity index (χ1) is 6.83. The molecule has 2 rings (SSSR count). The van der Waals surface area contributed by atoms with Gasteiger partial charge in [-0.1, -0.05) is 5.16 Å². The molecule has 0 amide bonds. The molecule has 0 fully saturated rings. The molecule has 72 valence electrons. The third-order valence-electron chi connectivity index (χ3n) is 1.70. The maximum atomic E-state index is 8.87. The van der Waals surface area contributed by atoms with Crippen LogP contribution in [0.15, 0.2) is 22.0 Å². The Morgan fingerprint density at radius 1 is 1.64 bits per heavy atom. The minimum atomic E-state index is 0.328. The van der Waals surface area contributed by atoms with Gasteiger partial charge in [0.1, 0.15) is 0 Å². The van der Waals surface area contributed by atoms with E-state index in [1.807, 2.05) is 16.8 Å². The maximum Gasteiger partial charge on any atom is 0.204 e. The third-order valence-corrected chi connectivity index (χ3v) is 2.38. The molecule has 0 aliphatic carbocycles. The summed E-state index contributed by atoms with van der Waals surface area (Å²) in [5.74, 6) is 0.901. The van der Waals surface area contributed by atoms with Crippen molar-refractivity contribution in [1.29, 1.82) is 0 Å². The van der Waals surface area contributed by atoms with E-state index in [9.17, 15) is 0 Å². The number of rotatable bonds is 1.